The molecule has 1 aromatic carbocycles. The molecular weight excluding hydrogens is 296 g/mol. The van der Waals surface area contributed by atoms with Crippen molar-refractivity contribution in [1.82, 2.24) is 0 Å². The molecule has 0 bridgehead atoms. The molecule has 0 aromatic heterocycles. The lowest BCUT2D eigenvalue weighted by Gasteiger charge is -2.18. The lowest BCUT2D eigenvalue weighted by molar-refractivity contribution is -0.140. The number of hydrogen-bond acceptors (Lipinski definition) is 6. The molecule has 0 heterocycles. The summed E-state index contributed by atoms with van der Waals surface area (Å²) in [5.74, 6) is 0.738. The van der Waals surface area contributed by atoms with E-state index in [1.807, 2.05) is 0 Å². The van der Waals surface area contributed by atoms with Crippen LogP contribution in [0.2, 0.25) is 0 Å². The van der Waals surface area contributed by atoms with Gasteiger partial charge in [-0.2, -0.15) is 5.26 Å². The van der Waals surface area contributed by atoms with E-state index >= 15 is 0 Å². The normalized spacial score (nSPS) is 14.1. The van der Waals surface area contributed by atoms with Crippen LogP contribution in [0.5, 0.6) is 11.5 Å². The Balaban J connectivity index is 2.16. The lowest BCUT2D eigenvalue weighted by atomic mass is 10.1. The van der Waals surface area contributed by atoms with Crippen molar-refractivity contribution in [3.63, 3.8) is 0 Å². The first-order valence-corrected chi connectivity index (χ1v) is 7.86. The molecule has 0 radical (unpaired) electrons. The SMILES string of the molecule is CCOC(=O)CNc1cc(OC)c(OC2CCCC2)cc1C#N. The summed E-state index contributed by atoms with van der Waals surface area (Å²) in [4.78, 5) is 11.4. The Morgan fingerprint density at radius 2 is 2.09 bits per heavy atom. The van der Waals surface area contributed by atoms with Crippen LogP contribution in [0.4, 0.5) is 5.69 Å². The number of anilines is 1. The molecule has 0 saturated heterocycles. The van der Waals surface area contributed by atoms with Crippen molar-refractivity contribution in [1.29, 1.82) is 5.26 Å². The first-order valence-electron chi connectivity index (χ1n) is 7.86. The predicted octanol–water partition coefficient (Wildman–Crippen LogP) is 2.86. The molecule has 1 saturated carbocycles. The van der Waals surface area contributed by atoms with Crippen molar-refractivity contribution in [2.24, 2.45) is 0 Å². The van der Waals surface area contributed by atoms with E-state index in [1.54, 1.807) is 26.2 Å². The molecule has 0 aliphatic heterocycles. The summed E-state index contributed by atoms with van der Waals surface area (Å²) < 4.78 is 16.2. The molecule has 1 fully saturated rings. The molecule has 1 aliphatic carbocycles. The van der Waals surface area contributed by atoms with E-state index in [0.717, 1.165) is 25.7 Å². The summed E-state index contributed by atoms with van der Waals surface area (Å²) in [6.45, 7) is 2.06. The van der Waals surface area contributed by atoms with Crippen LogP contribution in [0.1, 0.15) is 38.2 Å². The van der Waals surface area contributed by atoms with E-state index in [9.17, 15) is 10.1 Å². The van der Waals surface area contributed by atoms with Crippen molar-refractivity contribution in [2.75, 3.05) is 25.6 Å². The maximum absolute atomic E-state index is 11.4. The number of nitrogens with one attached hydrogen (secondary N) is 1. The van der Waals surface area contributed by atoms with Crippen molar-refractivity contribution in [3.8, 4) is 17.6 Å². The molecule has 1 aliphatic rings. The number of carbonyl (C=O) groups excluding carboxylic acids is 1. The number of ether oxygens (including phenoxy) is 3. The van der Waals surface area contributed by atoms with Crippen LogP contribution in [-0.4, -0.2) is 32.3 Å². The van der Waals surface area contributed by atoms with E-state index < -0.39 is 0 Å². The highest BCUT2D eigenvalue weighted by atomic mass is 16.5. The fourth-order valence-electron chi connectivity index (χ4n) is 2.62. The zero-order chi connectivity index (χ0) is 16.7. The topological polar surface area (TPSA) is 80.6 Å². The Morgan fingerprint density at radius 1 is 1.35 bits per heavy atom. The average Bonchev–Trinajstić information content (AvgIpc) is 3.06. The van der Waals surface area contributed by atoms with Gasteiger partial charge in [-0.25, -0.2) is 0 Å². The summed E-state index contributed by atoms with van der Waals surface area (Å²) in [6, 6.07) is 5.46. The van der Waals surface area contributed by atoms with Gasteiger partial charge >= 0.3 is 5.97 Å². The van der Waals surface area contributed by atoms with Crippen LogP contribution >= 0.6 is 0 Å². The van der Waals surface area contributed by atoms with Crippen LogP contribution in [-0.2, 0) is 9.53 Å². The zero-order valence-corrected chi connectivity index (χ0v) is 13.6. The summed E-state index contributed by atoms with van der Waals surface area (Å²) in [5.41, 5.74) is 0.930. The number of hydrogen-bond donors (Lipinski definition) is 1. The maximum Gasteiger partial charge on any atom is 0.325 e. The van der Waals surface area contributed by atoms with Crippen molar-refractivity contribution >= 4 is 11.7 Å². The molecule has 0 atom stereocenters. The monoisotopic (exact) mass is 318 g/mol. The molecule has 23 heavy (non-hydrogen) atoms. The van der Waals surface area contributed by atoms with Gasteiger partial charge in [0.1, 0.15) is 12.6 Å². The van der Waals surface area contributed by atoms with Gasteiger partial charge in [-0.1, -0.05) is 0 Å². The number of nitrogens with zero attached hydrogens (tertiary/aromatic N) is 1. The number of carbonyl (C=O) groups is 1. The van der Waals surface area contributed by atoms with E-state index in [1.165, 1.54) is 0 Å². The van der Waals surface area contributed by atoms with E-state index in [2.05, 4.69) is 11.4 Å². The van der Waals surface area contributed by atoms with Gasteiger partial charge in [0.25, 0.3) is 0 Å². The molecular formula is C17H22N2O4. The number of benzene rings is 1. The first-order chi connectivity index (χ1) is 11.2. The Kier molecular flexibility index (Phi) is 6.10. The second-order valence-corrected chi connectivity index (χ2v) is 5.34. The third kappa shape index (κ3) is 4.52. The second kappa shape index (κ2) is 8.28. The Hall–Kier alpha value is -2.42. The van der Waals surface area contributed by atoms with E-state index in [0.29, 0.717) is 29.4 Å². The Labute approximate surface area is 136 Å². The van der Waals surface area contributed by atoms with Gasteiger partial charge in [0, 0.05) is 12.1 Å². The zero-order valence-electron chi connectivity index (χ0n) is 13.6. The molecule has 0 amide bonds. The molecule has 1 N–H and O–H groups in total. The van der Waals surface area contributed by atoms with Gasteiger partial charge < -0.3 is 19.5 Å². The van der Waals surface area contributed by atoms with Crippen LogP contribution in [0, 0.1) is 11.3 Å². The highest BCUT2D eigenvalue weighted by Crippen LogP contribution is 2.36. The van der Waals surface area contributed by atoms with Crippen LogP contribution in [0.25, 0.3) is 0 Å². The van der Waals surface area contributed by atoms with Crippen molar-refractivity contribution in [2.45, 2.75) is 38.7 Å². The number of methoxy groups -OCH3 is 1. The molecule has 6 nitrogen and oxygen atoms in total. The quantitative estimate of drug-likeness (QED) is 0.779. The van der Waals surface area contributed by atoms with Gasteiger partial charge in [0.15, 0.2) is 11.5 Å². The Morgan fingerprint density at radius 3 is 2.70 bits per heavy atom. The largest absolute Gasteiger partial charge is 0.493 e. The Bertz CT molecular complexity index is 589. The third-order valence-corrected chi connectivity index (χ3v) is 3.75. The average molecular weight is 318 g/mol. The van der Waals surface area contributed by atoms with Gasteiger partial charge in [-0.15, -0.1) is 0 Å². The van der Waals surface area contributed by atoms with Gasteiger partial charge in [0.2, 0.25) is 0 Å². The molecule has 0 spiro atoms. The minimum absolute atomic E-state index is 0.00545. The fraction of sp³-hybridized carbons (Fsp3) is 0.529. The molecule has 1 aromatic rings. The minimum Gasteiger partial charge on any atom is -0.493 e. The van der Waals surface area contributed by atoms with Gasteiger partial charge in [0.05, 0.1) is 31.1 Å². The fourth-order valence-corrected chi connectivity index (χ4v) is 2.62. The summed E-state index contributed by atoms with van der Waals surface area (Å²) in [6.07, 6.45) is 4.55. The van der Waals surface area contributed by atoms with Crippen LogP contribution in [0.15, 0.2) is 12.1 Å². The second-order valence-electron chi connectivity index (χ2n) is 5.34. The summed E-state index contributed by atoms with van der Waals surface area (Å²) in [7, 11) is 1.55. The molecule has 0 unspecified atom stereocenters. The first kappa shape index (κ1) is 16.9. The van der Waals surface area contributed by atoms with Gasteiger partial charge in [-0.3, -0.25) is 4.79 Å². The molecule has 124 valence electrons. The van der Waals surface area contributed by atoms with Crippen molar-refractivity contribution < 1.29 is 19.0 Å². The predicted molar refractivity (Wildman–Crippen MR) is 85.7 cm³/mol. The maximum atomic E-state index is 11.4. The summed E-state index contributed by atoms with van der Waals surface area (Å²) >= 11 is 0. The number of nitriles is 1. The molecule has 6 heteroatoms. The minimum atomic E-state index is -0.373. The smallest absolute Gasteiger partial charge is 0.325 e. The van der Waals surface area contributed by atoms with Gasteiger partial charge in [-0.05, 0) is 32.6 Å². The van der Waals surface area contributed by atoms with E-state index in [-0.39, 0.29) is 18.6 Å². The van der Waals surface area contributed by atoms with Crippen LogP contribution in [0.3, 0.4) is 0 Å². The standard InChI is InChI=1S/C17H22N2O4/c1-3-22-17(20)11-19-14-9-15(21-2)16(8-12(14)10-18)23-13-6-4-5-7-13/h8-9,13,19H,3-7,11H2,1-2H3. The lowest BCUT2D eigenvalue weighted by Crippen LogP contribution is -2.17. The van der Waals surface area contributed by atoms with Crippen LogP contribution < -0.4 is 14.8 Å². The molecule has 2 rings (SSSR count). The van der Waals surface area contributed by atoms with E-state index in [4.69, 9.17) is 14.2 Å². The summed E-state index contributed by atoms with van der Waals surface area (Å²) in [5, 5.41) is 12.2. The number of rotatable bonds is 7. The highest BCUT2D eigenvalue weighted by Gasteiger charge is 2.20. The highest BCUT2D eigenvalue weighted by molar-refractivity contribution is 5.76. The third-order valence-electron chi connectivity index (χ3n) is 3.75. The number of esters is 1. The van der Waals surface area contributed by atoms with Crippen molar-refractivity contribution in [3.05, 3.63) is 17.7 Å².